The maximum atomic E-state index is 11.5. The van der Waals surface area contributed by atoms with Crippen molar-refractivity contribution >= 4 is 29.5 Å². The molecule has 0 bridgehead atoms. The van der Waals surface area contributed by atoms with Crippen LogP contribution in [0.4, 0.5) is 4.79 Å². The average Bonchev–Trinajstić information content (AvgIpc) is 2.62. The Hall–Kier alpha value is -1.85. The number of ether oxygens (including phenoxy) is 3. The Morgan fingerprint density at radius 1 is 1.24 bits per heavy atom. The Balaban J connectivity index is 2.28. The van der Waals surface area contributed by atoms with Crippen LogP contribution in [0.15, 0.2) is 35.2 Å². The second kappa shape index (κ2) is 9.02. The summed E-state index contributed by atoms with van der Waals surface area (Å²) in [6.07, 6.45) is 2.07. The van der Waals surface area contributed by atoms with Gasteiger partial charge in [0.2, 0.25) is 0 Å². The summed E-state index contributed by atoms with van der Waals surface area (Å²) >= 11 is 7.85. The maximum absolute atomic E-state index is 11.5. The highest BCUT2D eigenvalue weighted by Gasteiger charge is 2.15. The van der Waals surface area contributed by atoms with Crippen LogP contribution in [0.2, 0.25) is 5.02 Å². The zero-order chi connectivity index (χ0) is 18.4. The van der Waals surface area contributed by atoms with Gasteiger partial charge in [-0.05, 0) is 48.9 Å². The van der Waals surface area contributed by atoms with Gasteiger partial charge in [0, 0.05) is 15.5 Å². The summed E-state index contributed by atoms with van der Waals surface area (Å²) in [5.74, 6) is 1.13. The second-order valence-electron chi connectivity index (χ2n) is 5.34. The zero-order valence-corrected chi connectivity index (χ0v) is 16.3. The summed E-state index contributed by atoms with van der Waals surface area (Å²) in [5.41, 5.74) is 2.89. The first-order valence-electron chi connectivity index (χ1n) is 7.83. The van der Waals surface area contributed by atoms with E-state index in [0.29, 0.717) is 16.5 Å². The number of hydrogen-bond donors (Lipinski definition) is 0. The number of carbonyl (C=O) groups excluding carboxylic acids is 1. The van der Waals surface area contributed by atoms with Gasteiger partial charge in [-0.15, -0.1) is 11.8 Å². The lowest BCUT2D eigenvalue weighted by Crippen LogP contribution is -2.10. The number of hydrogen-bond acceptors (Lipinski definition) is 5. The van der Waals surface area contributed by atoms with Crippen LogP contribution in [-0.2, 0) is 17.8 Å². The van der Waals surface area contributed by atoms with Crippen molar-refractivity contribution in [3.8, 4) is 11.5 Å². The molecule has 134 valence electrons. The molecule has 0 saturated carbocycles. The first kappa shape index (κ1) is 19.5. The third-order valence-electron chi connectivity index (χ3n) is 3.77. The minimum absolute atomic E-state index is 0.256. The highest BCUT2D eigenvalue weighted by Crippen LogP contribution is 2.32. The fourth-order valence-corrected chi connectivity index (χ4v) is 3.31. The summed E-state index contributed by atoms with van der Waals surface area (Å²) in [5, 5.41) is 0.687. The lowest BCUT2D eigenvalue weighted by Gasteiger charge is -2.16. The molecule has 0 N–H and O–H groups in total. The highest BCUT2D eigenvalue weighted by molar-refractivity contribution is 7.98. The number of methoxy groups -OCH3 is 1. The molecule has 0 aliphatic rings. The van der Waals surface area contributed by atoms with Gasteiger partial charge in [0.15, 0.2) is 0 Å². The van der Waals surface area contributed by atoms with Crippen LogP contribution in [0.5, 0.6) is 11.5 Å². The molecular weight excluding hydrogens is 360 g/mol. The summed E-state index contributed by atoms with van der Waals surface area (Å²) in [6, 6.07) is 9.36. The largest absolute Gasteiger partial charge is 0.513 e. The van der Waals surface area contributed by atoms with Gasteiger partial charge in [0.25, 0.3) is 0 Å². The van der Waals surface area contributed by atoms with Gasteiger partial charge in [-0.1, -0.05) is 30.7 Å². The van der Waals surface area contributed by atoms with Crippen LogP contribution in [0.3, 0.4) is 0 Å². The van der Waals surface area contributed by atoms with E-state index in [4.69, 9.17) is 21.1 Å². The molecule has 6 heteroatoms. The Labute approximate surface area is 157 Å². The van der Waals surface area contributed by atoms with E-state index in [-0.39, 0.29) is 6.61 Å². The second-order valence-corrected chi connectivity index (χ2v) is 6.60. The number of halogens is 1. The molecule has 0 amide bonds. The topological polar surface area (TPSA) is 44.8 Å². The predicted octanol–water partition coefficient (Wildman–Crippen LogP) is 5.66. The van der Waals surface area contributed by atoms with E-state index in [1.807, 2.05) is 37.4 Å². The third-order valence-corrected chi connectivity index (χ3v) is 4.94. The van der Waals surface area contributed by atoms with Gasteiger partial charge in [-0.2, -0.15) is 0 Å². The minimum atomic E-state index is -0.758. The number of aryl methyl sites for hydroxylation is 2. The molecule has 2 aromatic rings. The lowest BCUT2D eigenvalue weighted by atomic mass is 10.1. The van der Waals surface area contributed by atoms with E-state index < -0.39 is 6.16 Å². The Kier molecular flexibility index (Phi) is 7.02. The van der Waals surface area contributed by atoms with Crippen LogP contribution in [0.1, 0.15) is 23.6 Å². The zero-order valence-electron chi connectivity index (χ0n) is 14.7. The minimum Gasteiger partial charge on any atom is -0.488 e. The molecule has 2 rings (SSSR count). The van der Waals surface area contributed by atoms with Crippen molar-refractivity contribution in [2.45, 2.75) is 31.8 Å². The van der Waals surface area contributed by atoms with Crippen LogP contribution in [0, 0.1) is 6.92 Å². The van der Waals surface area contributed by atoms with Crippen molar-refractivity contribution < 1.29 is 19.0 Å². The summed E-state index contributed by atoms with van der Waals surface area (Å²) in [7, 11) is 1.28. The molecule has 0 aliphatic heterocycles. The van der Waals surface area contributed by atoms with Gasteiger partial charge in [0.1, 0.15) is 18.1 Å². The molecule has 0 radical (unpaired) electrons. The molecule has 4 nitrogen and oxygen atoms in total. The fraction of sp³-hybridized carbons (Fsp3) is 0.316. The van der Waals surface area contributed by atoms with Crippen LogP contribution < -0.4 is 9.47 Å². The van der Waals surface area contributed by atoms with Crippen LogP contribution >= 0.6 is 23.4 Å². The van der Waals surface area contributed by atoms with Crippen molar-refractivity contribution in [1.29, 1.82) is 0 Å². The number of rotatable bonds is 6. The van der Waals surface area contributed by atoms with Gasteiger partial charge in [-0.25, -0.2) is 4.79 Å². The highest BCUT2D eigenvalue weighted by atomic mass is 35.5. The first-order valence-corrected chi connectivity index (χ1v) is 9.43. The first-order chi connectivity index (χ1) is 12.0. The molecular formula is C19H21ClO4S. The maximum Gasteiger partial charge on any atom is 0.513 e. The SMILES string of the molecule is CCc1cc(C)c(OCc2c(OC(=O)OC)cccc2SC)cc1Cl. The average molecular weight is 381 g/mol. The number of benzene rings is 2. The molecule has 0 heterocycles. The Bertz CT molecular complexity index is 761. The van der Waals surface area contributed by atoms with Gasteiger partial charge in [0.05, 0.1) is 7.11 Å². The van der Waals surface area contributed by atoms with Crippen molar-refractivity contribution in [2.75, 3.05) is 13.4 Å². The fourth-order valence-electron chi connectivity index (χ4n) is 2.41. The lowest BCUT2D eigenvalue weighted by molar-refractivity contribution is 0.120. The number of thioether (sulfide) groups is 1. The van der Waals surface area contributed by atoms with Crippen molar-refractivity contribution in [2.24, 2.45) is 0 Å². The quantitative estimate of drug-likeness (QED) is 0.367. The summed E-state index contributed by atoms with van der Waals surface area (Å²) < 4.78 is 15.8. The standard InChI is InChI=1S/C19H21ClO4S/c1-5-13-9-12(2)17(10-15(13)20)23-11-14-16(24-19(21)22-3)7-6-8-18(14)25-4/h6-10H,5,11H2,1-4H3. The monoisotopic (exact) mass is 380 g/mol. The van der Waals surface area contributed by atoms with E-state index in [9.17, 15) is 4.79 Å². The molecule has 0 unspecified atom stereocenters. The van der Waals surface area contributed by atoms with Gasteiger partial charge in [-0.3, -0.25) is 0 Å². The van der Waals surface area contributed by atoms with E-state index in [0.717, 1.165) is 28.0 Å². The molecule has 0 saturated heterocycles. The molecule has 0 atom stereocenters. The smallest absolute Gasteiger partial charge is 0.488 e. The predicted molar refractivity (Wildman–Crippen MR) is 101 cm³/mol. The molecule has 0 aliphatic carbocycles. The van der Waals surface area contributed by atoms with Gasteiger partial charge >= 0.3 is 6.16 Å². The summed E-state index contributed by atoms with van der Waals surface area (Å²) in [6.45, 7) is 4.30. The third kappa shape index (κ3) is 4.83. The van der Waals surface area contributed by atoms with E-state index in [1.165, 1.54) is 7.11 Å². The molecule has 0 fully saturated rings. The van der Waals surface area contributed by atoms with Crippen molar-refractivity contribution in [3.05, 3.63) is 52.0 Å². The van der Waals surface area contributed by atoms with Gasteiger partial charge < -0.3 is 14.2 Å². The van der Waals surface area contributed by atoms with E-state index in [1.54, 1.807) is 17.8 Å². The van der Waals surface area contributed by atoms with Crippen molar-refractivity contribution in [1.82, 2.24) is 0 Å². The Morgan fingerprint density at radius 3 is 2.64 bits per heavy atom. The summed E-state index contributed by atoms with van der Waals surface area (Å²) in [4.78, 5) is 12.4. The molecule has 2 aromatic carbocycles. The van der Waals surface area contributed by atoms with E-state index in [2.05, 4.69) is 11.7 Å². The normalized spacial score (nSPS) is 10.4. The van der Waals surface area contributed by atoms with Crippen molar-refractivity contribution in [3.63, 3.8) is 0 Å². The van der Waals surface area contributed by atoms with Crippen LogP contribution in [-0.4, -0.2) is 19.5 Å². The molecule has 25 heavy (non-hydrogen) atoms. The van der Waals surface area contributed by atoms with Crippen LogP contribution in [0.25, 0.3) is 0 Å². The Morgan fingerprint density at radius 2 is 2.00 bits per heavy atom. The molecule has 0 aromatic heterocycles. The number of carbonyl (C=O) groups is 1. The van der Waals surface area contributed by atoms with E-state index >= 15 is 0 Å². The molecule has 0 spiro atoms.